The summed E-state index contributed by atoms with van der Waals surface area (Å²) in [6.07, 6.45) is 11.4. The van der Waals surface area contributed by atoms with Gasteiger partial charge in [-0.3, -0.25) is 14.4 Å². The highest BCUT2D eigenvalue weighted by Gasteiger charge is 2.41. The number of carbonyl (C=O) groups excluding carboxylic acids is 3. The lowest BCUT2D eigenvalue weighted by Crippen LogP contribution is -2.63. The Hall–Kier alpha value is -2.87. The molecule has 4 N–H and O–H groups in total. The monoisotopic (exact) mass is 484 g/mol. The van der Waals surface area contributed by atoms with Crippen molar-refractivity contribution in [3.63, 3.8) is 0 Å². The van der Waals surface area contributed by atoms with Crippen LogP contribution in [0, 0.1) is 0 Å². The number of rotatable bonds is 4. The van der Waals surface area contributed by atoms with Gasteiger partial charge in [-0.05, 0) is 25.3 Å². The molecular weight excluding hydrogens is 444 g/mol. The fourth-order valence-electron chi connectivity index (χ4n) is 4.71. The molecule has 1 atom stereocenters. The number of benzene rings is 1. The summed E-state index contributed by atoms with van der Waals surface area (Å²) in [7, 11) is 0. The van der Waals surface area contributed by atoms with Crippen LogP contribution in [0.15, 0.2) is 30.3 Å². The van der Waals surface area contributed by atoms with Crippen LogP contribution in [0.5, 0.6) is 5.75 Å². The average molecular weight is 485 g/mol. The van der Waals surface area contributed by atoms with Crippen molar-refractivity contribution in [3.05, 3.63) is 35.9 Å². The van der Waals surface area contributed by atoms with Gasteiger partial charge < -0.3 is 26.0 Å². The number of hydrogen-bond acceptors (Lipinski definition) is 5. The van der Waals surface area contributed by atoms with Crippen LogP contribution in [0.4, 0.5) is 0 Å². The molecule has 2 aliphatic rings. The number of unbranched alkanes of at least 4 members (excludes halogenated alkanes) is 2. The summed E-state index contributed by atoms with van der Waals surface area (Å²) in [5.74, 6) is 0.0393. The normalized spacial score (nSPS) is 23.0. The van der Waals surface area contributed by atoms with Gasteiger partial charge >= 0.3 is 0 Å². The summed E-state index contributed by atoms with van der Waals surface area (Å²) < 4.78 is 5.99. The number of carbonyl (C=O) groups is 3. The Bertz CT molecular complexity index is 880. The molecule has 1 aromatic carbocycles. The number of nitrogens with one attached hydrogen (secondary N) is 4. The second kappa shape index (κ2) is 13.9. The Morgan fingerprint density at radius 3 is 2.63 bits per heavy atom. The van der Waals surface area contributed by atoms with Crippen molar-refractivity contribution in [2.24, 2.45) is 0 Å². The molecule has 1 aromatic rings. The van der Waals surface area contributed by atoms with Crippen molar-refractivity contribution in [3.8, 4) is 5.75 Å². The van der Waals surface area contributed by atoms with E-state index in [-0.39, 0.29) is 24.3 Å². The summed E-state index contributed by atoms with van der Waals surface area (Å²) in [6.45, 7) is 3.27. The SMILES string of the molecule is CCCCCC1NCCOc2ccccc2/C=C/CNC(=O)CNC(=O)C2(CCCCC2)NC1=O. The molecule has 192 valence electrons. The minimum absolute atomic E-state index is 0.123. The van der Waals surface area contributed by atoms with E-state index in [1.165, 1.54) is 0 Å². The number of hydrogen-bond donors (Lipinski definition) is 4. The Morgan fingerprint density at radius 2 is 1.83 bits per heavy atom. The van der Waals surface area contributed by atoms with Crippen molar-refractivity contribution in [2.75, 3.05) is 26.2 Å². The molecular formula is C27H40N4O4. The van der Waals surface area contributed by atoms with Crippen LogP contribution in [0.25, 0.3) is 6.08 Å². The number of fused-ring (bicyclic) bond motifs is 1. The molecule has 35 heavy (non-hydrogen) atoms. The molecule has 0 radical (unpaired) electrons. The van der Waals surface area contributed by atoms with E-state index in [0.717, 1.165) is 49.8 Å². The number of para-hydroxylation sites is 1. The third-order valence-corrected chi connectivity index (χ3v) is 6.71. The van der Waals surface area contributed by atoms with Crippen molar-refractivity contribution >= 4 is 23.8 Å². The van der Waals surface area contributed by atoms with Crippen LogP contribution in [-0.4, -0.2) is 55.5 Å². The van der Waals surface area contributed by atoms with Gasteiger partial charge in [0, 0.05) is 18.7 Å². The Balaban J connectivity index is 1.78. The summed E-state index contributed by atoms with van der Waals surface area (Å²) in [4.78, 5) is 38.9. The van der Waals surface area contributed by atoms with Gasteiger partial charge in [-0.25, -0.2) is 0 Å². The lowest BCUT2D eigenvalue weighted by Gasteiger charge is -2.37. The van der Waals surface area contributed by atoms with Crippen LogP contribution < -0.4 is 26.0 Å². The third kappa shape index (κ3) is 8.09. The first-order chi connectivity index (χ1) is 17.0. The number of ether oxygens (including phenoxy) is 1. The zero-order valence-electron chi connectivity index (χ0n) is 20.9. The summed E-state index contributed by atoms with van der Waals surface area (Å²) in [5, 5.41) is 12.0. The third-order valence-electron chi connectivity index (χ3n) is 6.71. The fourth-order valence-corrected chi connectivity index (χ4v) is 4.71. The molecule has 8 heteroatoms. The van der Waals surface area contributed by atoms with Gasteiger partial charge in [-0.1, -0.05) is 75.8 Å². The lowest BCUT2D eigenvalue weighted by atomic mass is 9.80. The molecule has 1 aliphatic carbocycles. The predicted molar refractivity (Wildman–Crippen MR) is 137 cm³/mol. The van der Waals surface area contributed by atoms with Crippen molar-refractivity contribution in [1.29, 1.82) is 0 Å². The zero-order chi connectivity index (χ0) is 24.9. The first kappa shape index (κ1) is 26.7. The highest BCUT2D eigenvalue weighted by atomic mass is 16.5. The van der Waals surface area contributed by atoms with Crippen LogP contribution in [0.2, 0.25) is 0 Å². The van der Waals surface area contributed by atoms with Gasteiger partial charge in [0.25, 0.3) is 0 Å². The molecule has 1 aliphatic heterocycles. The zero-order valence-corrected chi connectivity index (χ0v) is 20.9. The van der Waals surface area contributed by atoms with Crippen LogP contribution in [-0.2, 0) is 14.4 Å². The first-order valence-electron chi connectivity index (χ1n) is 13.0. The maximum absolute atomic E-state index is 13.4. The second-order valence-corrected chi connectivity index (χ2v) is 9.41. The first-order valence-corrected chi connectivity index (χ1v) is 13.0. The quantitative estimate of drug-likeness (QED) is 0.492. The van der Waals surface area contributed by atoms with Gasteiger partial charge in [-0.15, -0.1) is 0 Å². The van der Waals surface area contributed by atoms with Crippen molar-refractivity contribution in [2.45, 2.75) is 76.3 Å². The summed E-state index contributed by atoms with van der Waals surface area (Å²) >= 11 is 0. The lowest BCUT2D eigenvalue weighted by molar-refractivity contribution is -0.136. The average Bonchev–Trinajstić information content (AvgIpc) is 2.87. The molecule has 0 bridgehead atoms. The van der Waals surface area contributed by atoms with Gasteiger partial charge in [0.2, 0.25) is 17.7 Å². The Labute approximate surface area is 208 Å². The molecule has 0 aromatic heterocycles. The molecule has 1 unspecified atom stereocenters. The standard InChI is InChI=1S/C27H40N4O4/c1-2-3-5-13-22-25(33)31-27(15-8-4-9-16-27)26(34)30-20-24(32)29-17-10-12-21-11-6-7-14-23(21)35-19-18-28-22/h6-7,10-12,14,22,28H,2-5,8-9,13,15-20H2,1H3,(H,29,32)(H,30,34)(H,31,33)/b12-10+. The van der Waals surface area contributed by atoms with Gasteiger partial charge in [0.15, 0.2) is 0 Å². The van der Waals surface area contributed by atoms with Gasteiger partial charge in [0.05, 0.1) is 12.6 Å². The van der Waals surface area contributed by atoms with Gasteiger partial charge in [0.1, 0.15) is 17.9 Å². The number of amides is 3. The van der Waals surface area contributed by atoms with Crippen molar-refractivity contribution < 1.29 is 19.1 Å². The molecule has 1 heterocycles. The van der Waals surface area contributed by atoms with E-state index in [1.54, 1.807) is 0 Å². The van der Waals surface area contributed by atoms with E-state index >= 15 is 0 Å². The maximum atomic E-state index is 13.4. The van der Waals surface area contributed by atoms with E-state index in [1.807, 2.05) is 36.4 Å². The largest absolute Gasteiger partial charge is 0.492 e. The topological polar surface area (TPSA) is 109 Å². The molecule has 8 nitrogen and oxygen atoms in total. The van der Waals surface area contributed by atoms with E-state index in [2.05, 4.69) is 28.2 Å². The molecule has 3 rings (SSSR count). The van der Waals surface area contributed by atoms with Crippen LogP contribution >= 0.6 is 0 Å². The highest BCUT2D eigenvalue weighted by molar-refractivity contribution is 5.95. The molecule has 1 saturated carbocycles. The van der Waals surface area contributed by atoms with Crippen molar-refractivity contribution in [1.82, 2.24) is 21.3 Å². The van der Waals surface area contributed by atoms with Crippen LogP contribution in [0.3, 0.4) is 0 Å². The maximum Gasteiger partial charge on any atom is 0.246 e. The summed E-state index contributed by atoms with van der Waals surface area (Å²) in [5.41, 5.74) is -0.0613. The minimum Gasteiger partial charge on any atom is -0.492 e. The smallest absolute Gasteiger partial charge is 0.246 e. The minimum atomic E-state index is -0.971. The highest BCUT2D eigenvalue weighted by Crippen LogP contribution is 2.29. The summed E-state index contributed by atoms with van der Waals surface area (Å²) in [6, 6.07) is 7.30. The predicted octanol–water partition coefficient (Wildman–Crippen LogP) is 2.68. The van der Waals surface area contributed by atoms with E-state index in [0.29, 0.717) is 39.0 Å². The van der Waals surface area contributed by atoms with E-state index in [4.69, 9.17) is 4.74 Å². The Morgan fingerprint density at radius 1 is 1.03 bits per heavy atom. The van der Waals surface area contributed by atoms with E-state index < -0.39 is 11.6 Å². The molecule has 3 amide bonds. The fraction of sp³-hybridized carbons (Fsp3) is 0.593. The van der Waals surface area contributed by atoms with Crippen LogP contribution in [0.1, 0.15) is 70.3 Å². The molecule has 0 saturated heterocycles. The molecule has 1 fully saturated rings. The van der Waals surface area contributed by atoms with E-state index in [9.17, 15) is 14.4 Å². The van der Waals surface area contributed by atoms with Gasteiger partial charge in [-0.2, -0.15) is 0 Å². The second-order valence-electron chi connectivity index (χ2n) is 9.41. The Kier molecular flexibility index (Phi) is 10.6. The molecule has 1 spiro atoms.